The second-order valence-corrected chi connectivity index (χ2v) is 5.51. The van der Waals surface area contributed by atoms with Crippen LogP contribution in [-0.4, -0.2) is 23.9 Å². The van der Waals surface area contributed by atoms with Crippen LogP contribution in [0.1, 0.15) is 39.5 Å². The lowest BCUT2D eigenvalue weighted by molar-refractivity contribution is -0.168. The minimum atomic E-state index is -0.354. The summed E-state index contributed by atoms with van der Waals surface area (Å²) in [6, 6.07) is 0. The monoisotopic (exact) mass is 184 g/mol. The van der Waals surface area contributed by atoms with Gasteiger partial charge in [0.2, 0.25) is 0 Å². The zero-order valence-corrected chi connectivity index (χ0v) is 8.68. The highest BCUT2D eigenvalue weighted by molar-refractivity contribution is 5.03. The molecule has 1 aliphatic heterocycles. The number of ether oxygens (including phenoxy) is 1. The normalized spacial score (nSPS) is 32.5. The SMILES string of the molecule is CC1(C)CC(O)(C2CCOCC2)C1. The molecule has 0 aromatic heterocycles. The van der Waals surface area contributed by atoms with Crippen LogP contribution in [0.25, 0.3) is 0 Å². The molecule has 2 aliphatic rings. The molecule has 1 N–H and O–H groups in total. The first-order chi connectivity index (χ1) is 6.02. The number of rotatable bonds is 1. The first-order valence-corrected chi connectivity index (χ1v) is 5.32. The average Bonchev–Trinajstić information content (AvgIpc) is 2.02. The topological polar surface area (TPSA) is 29.5 Å². The van der Waals surface area contributed by atoms with Crippen molar-refractivity contribution in [2.24, 2.45) is 11.3 Å². The molecule has 76 valence electrons. The lowest BCUT2D eigenvalue weighted by Crippen LogP contribution is -2.55. The number of aliphatic hydroxyl groups is 1. The molecule has 0 bridgehead atoms. The van der Waals surface area contributed by atoms with E-state index in [1.54, 1.807) is 0 Å². The van der Waals surface area contributed by atoms with E-state index < -0.39 is 0 Å². The molecule has 1 saturated carbocycles. The van der Waals surface area contributed by atoms with Gasteiger partial charge in [-0.25, -0.2) is 0 Å². The van der Waals surface area contributed by atoms with Gasteiger partial charge in [-0.15, -0.1) is 0 Å². The summed E-state index contributed by atoms with van der Waals surface area (Å²) in [7, 11) is 0. The van der Waals surface area contributed by atoms with Crippen molar-refractivity contribution in [2.75, 3.05) is 13.2 Å². The molecular weight excluding hydrogens is 164 g/mol. The number of hydrogen-bond donors (Lipinski definition) is 1. The van der Waals surface area contributed by atoms with Crippen LogP contribution in [0.4, 0.5) is 0 Å². The Hall–Kier alpha value is -0.0800. The minimum Gasteiger partial charge on any atom is -0.390 e. The van der Waals surface area contributed by atoms with Gasteiger partial charge in [0.05, 0.1) is 5.60 Å². The van der Waals surface area contributed by atoms with E-state index in [1.165, 1.54) is 0 Å². The fourth-order valence-corrected chi connectivity index (χ4v) is 3.13. The summed E-state index contributed by atoms with van der Waals surface area (Å²) in [5, 5.41) is 10.3. The van der Waals surface area contributed by atoms with E-state index in [0.29, 0.717) is 11.3 Å². The maximum Gasteiger partial charge on any atom is 0.0687 e. The van der Waals surface area contributed by atoms with Crippen LogP contribution in [-0.2, 0) is 4.74 Å². The van der Waals surface area contributed by atoms with Crippen LogP contribution < -0.4 is 0 Å². The molecule has 0 spiro atoms. The Morgan fingerprint density at radius 1 is 1.15 bits per heavy atom. The summed E-state index contributed by atoms with van der Waals surface area (Å²) in [5.41, 5.74) is 0.0142. The van der Waals surface area contributed by atoms with Crippen LogP contribution in [0.2, 0.25) is 0 Å². The third-order valence-electron chi connectivity index (χ3n) is 3.55. The van der Waals surface area contributed by atoms with E-state index >= 15 is 0 Å². The second kappa shape index (κ2) is 2.96. The quantitative estimate of drug-likeness (QED) is 0.675. The first kappa shape index (κ1) is 9.47. The van der Waals surface area contributed by atoms with Crippen LogP contribution in [0.3, 0.4) is 0 Å². The molecule has 0 amide bonds. The fraction of sp³-hybridized carbons (Fsp3) is 1.00. The average molecular weight is 184 g/mol. The Kier molecular flexibility index (Phi) is 2.16. The molecule has 2 nitrogen and oxygen atoms in total. The van der Waals surface area contributed by atoms with Gasteiger partial charge >= 0.3 is 0 Å². The Labute approximate surface area is 80.3 Å². The van der Waals surface area contributed by atoms with Gasteiger partial charge in [-0.2, -0.15) is 0 Å². The van der Waals surface area contributed by atoms with Gasteiger partial charge in [-0.3, -0.25) is 0 Å². The van der Waals surface area contributed by atoms with Crippen LogP contribution in [0.5, 0.6) is 0 Å². The molecule has 2 heteroatoms. The molecule has 0 aromatic carbocycles. The van der Waals surface area contributed by atoms with Gasteiger partial charge in [0.1, 0.15) is 0 Å². The molecule has 0 radical (unpaired) electrons. The summed E-state index contributed by atoms with van der Waals surface area (Å²) < 4.78 is 5.30. The predicted octanol–water partition coefficient (Wildman–Crippen LogP) is 1.96. The molecule has 0 atom stereocenters. The van der Waals surface area contributed by atoms with Crippen molar-refractivity contribution in [1.29, 1.82) is 0 Å². The summed E-state index contributed by atoms with van der Waals surface area (Å²) in [6.07, 6.45) is 4.05. The highest BCUT2D eigenvalue weighted by Crippen LogP contribution is 2.53. The Morgan fingerprint density at radius 3 is 2.15 bits per heavy atom. The zero-order chi connectivity index (χ0) is 9.53. The van der Waals surface area contributed by atoms with Crippen LogP contribution in [0.15, 0.2) is 0 Å². The van der Waals surface area contributed by atoms with Gasteiger partial charge in [0, 0.05) is 13.2 Å². The van der Waals surface area contributed by atoms with E-state index in [-0.39, 0.29) is 5.60 Å². The highest BCUT2D eigenvalue weighted by atomic mass is 16.5. The maximum absolute atomic E-state index is 10.3. The largest absolute Gasteiger partial charge is 0.390 e. The molecule has 2 rings (SSSR count). The highest BCUT2D eigenvalue weighted by Gasteiger charge is 2.52. The van der Waals surface area contributed by atoms with Gasteiger partial charge in [0.15, 0.2) is 0 Å². The van der Waals surface area contributed by atoms with E-state index in [1.807, 2.05) is 0 Å². The number of hydrogen-bond acceptors (Lipinski definition) is 2. The minimum absolute atomic E-state index is 0.354. The lowest BCUT2D eigenvalue weighted by atomic mass is 9.56. The van der Waals surface area contributed by atoms with Crippen LogP contribution >= 0.6 is 0 Å². The molecule has 0 aromatic rings. The summed E-state index contributed by atoms with van der Waals surface area (Å²) in [5.74, 6) is 0.495. The van der Waals surface area contributed by atoms with E-state index in [9.17, 15) is 5.11 Å². The summed E-state index contributed by atoms with van der Waals surface area (Å²) in [4.78, 5) is 0. The fourth-order valence-electron chi connectivity index (χ4n) is 3.13. The van der Waals surface area contributed by atoms with Crippen molar-refractivity contribution >= 4 is 0 Å². The molecule has 1 aliphatic carbocycles. The summed E-state index contributed by atoms with van der Waals surface area (Å²) >= 11 is 0. The molecular formula is C11H20O2. The zero-order valence-electron chi connectivity index (χ0n) is 8.68. The van der Waals surface area contributed by atoms with E-state index in [0.717, 1.165) is 38.9 Å². The van der Waals surface area contributed by atoms with Crippen molar-refractivity contribution in [1.82, 2.24) is 0 Å². The lowest BCUT2D eigenvalue weighted by Gasteiger charge is -2.54. The van der Waals surface area contributed by atoms with Gasteiger partial charge < -0.3 is 9.84 Å². The summed E-state index contributed by atoms with van der Waals surface area (Å²) in [6.45, 7) is 6.16. The molecule has 1 heterocycles. The third kappa shape index (κ3) is 1.75. The Balaban J connectivity index is 1.93. The van der Waals surface area contributed by atoms with Gasteiger partial charge in [-0.05, 0) is 37.0 Å². The second-order valence-electron chi connectivity index (χ2n) is 5.51. The third-order valence-corrected chi connectivity index (χ3v) is 3.55. The predicted molar refractivity (Wildman–Crippen MR) is 51.5 cm³/mol. The Bertz CT molecular complexity index is 184. The maximum atomic E-state index is 10.3. The van der Waals surface area contributed by atoms with Gasteiger partial charge in [-0.1, -0.05) is 13.8 Å². The molecule has 1 saturated heterocycles. The van der Waals surface area contributed by atoms with Crippen molar-refractivity contribution in [2.45, 2.75) is 45.1 Å². The molecule has 13 heavy (non-hydrogen) atoms. The van der Waals surface area contributed by atoms with Crippen molar-refractivity contribution in [3.05, 3.63) is 0 Å². The van der Waals surface area contributed by atoms with Crippen LogP contribution in [0, 0.1) is 11.3 Å². The van der Waals surface area contributed by atoms with Crippen molar-refractivity contribution < 1.29 is 9.84 Å². The van der Waals surface area contributed by atoms with Gasteiger partial charge in [0.25, 0.3) is 0 Å². The Morgan fingerprint density at radius 2 is 1.69 bits per heavy atom. The molecule has 0 unspecified atom stereocenters. The van der Waals surface area contributed by atoms with Crippen molar-refractivity contribution in [3.8, 4) is 0 Å². The van der Waals surface area contributed by atoms with E-state index in [2.05, 4.69) is 13.8 Å². The van der Waals surface area contributed by atoms with Crippen molar-refractivity contribution in [3.63, 3.8) is 0 Å². The smallest absolute Gasteiger partial charge is 0.0687 e. The standard InChI is InChI=1S/C11H20O2/c1-10(2)7-11(12,8-10)9-3-5-13-6-4-9/h9,12H,3-8H2,1-2H3. The molecule has 2 fully saturated rings. The first-order valence-electron chi connectivity index (χ1n) is 5.32. The van der Waals surface area contributed by atoms with E-state index in [4.69, 9.17) is 4.74 Å².